The van der Waals surface area contributed by atoms with Gasteiger partial charge in [0.25, 0.3) is 0 Å². The molecule has 0 spiro atoms. The zero-order valence-corrected chi connectivity index (χ0v) is 23.2. The third-order valence-corrected chi connectivity index (χ3v) is 8.39. The van der Waals surface area contributed by atoms with E-state index in [9.17, 15) is 14.7 Å². The second-order valence-corrected chi connectivity index (χ2v) is 11.5. The van der Waals surface area contributed by atoms with Gasteiger partial charge in [-0.1, -0.05) is 24.3 Å². The predicted octanol–water partition coefficient (Wildman–Crippen LogP) is 3.40. The smallest absolute Gasteiger partial charge is 0.229 e. The summed E-state index contributed by atoms with van der Waals surface area (Å²) in [6.07, 6.45) is 7.70. The van der Waals surface area contributed by atoms with E-state index in [0.717, 1.165) is 53.4 Å². The van der Waals surface area contributed by atoms with Crippen molar-refractivity contribution in [3.8, 4) is 11.1 Å². The van der Waals surface area contributed by atoms with Crippen molar-refractivity contribution in [1.82, 2.24) is 25.6 Å². The molecule has 10 nitrogen and oxygen atoms in total. The van der Waals surface area contributed by atoms with Gasteiger partial charge in [-0.25, -0.2) is 15.0 Å². The van der Waals surface area contributed by atoms with Crippen molar-refractivity contribution in [3.63, 3.8) is 0 Å². The number of hydrogen-bond donors (Lipinski definition) is 4. The summed E-state index contributed by atoms with van der Waals surface area (Å²) in [5.74, 6) is 0.591. The number of aliphatic hydroxyl groups is 1. The summed E-state index contributed by atoms with van der Waals surface area (Å²) in [5, 5.41) is 19.9. The molecule has 2 aliphatic rings. The average Bonchev–Trinajstić information content (AvgIpc) is 3.52. The quantitative estimate of drug-likeness (QED) is 0.284. The number of benzene rings is 1. The van der Waals surface area contributed by atoms with Gasteiger partial charge in [0, 0.05) is 48.9 Å². The Bertz CT molecular complexity index is 1290. The van der Waals surface area contributed by atoms with E-state index in [2.05, 4.69) is 30.9 Å². The standard InChI is InChI=1S/C28H36N6O4S/c1-3-26(36)31-12-16(2)32-20-9-18(10-20)27(37)34-28-33-21-8-7-17(11-24(21)39-28)19-13-29-25(30-14-19)15-38-23-6-4-5-22(23)35/h7-8,11,13-14,16,18,20,22-23,32,35H,3-6,9-10,12,15H2,1-2H3,(H,31,36)(H,33,34,37)/t16-,18-,20+,22-,23-/m0/s1. The van der Waals surface area contributed by atoms with Crippen LogP contribution in [0.1, 0.15) is 58.2 Å². The lowest BCUT2D eigenvalue weighted by Gasteiger charge is -2.36. The summed E-state index contributed by atoms with van der Waals surface area (Å²) in [6, 6.07) is 6.39. The average molecular weight is 553 g/mol. The van der Waals surface area contributed by atoms with E-state index in [1.807, 2.05) is 32.0 Å². The van der Waals surface area contributed by atoms with Crippen LogP contribution in [0.15, 0.2) is 30.6 Å². The van der Waals surface area contributed by atoms with Gasteiger partial charge < -0.3 is 25.8 Å². The zero-order chi connectivity index (χ0) is 27.4. The van der Waals surface area contributed by atoms with Gasteiger partial charge in [-0.05, 0) is 56.7 Å². The first kappa shape index (κ1) is 27.6. The lowest BCUT2D eigenvalue weighted by atomic mass is 9.79. The largest absolute Gasteiger partial charge is 0.390 e. The van der Waals surface area contributed by atoms with E-state index in [1.165, 1.54) is 11.3 Å². The van der Waals surface area contributed by atoms with Gasteiger partial charge in [0.05, 0.1) is 22.4 Å². The van der Waals surface area contributed by atoms with Crippen LogP contribution in [0.4, 0.5) is 5.13 Å². The van der Waals surface area contributed by atoms with E-state index in [0.29, 0.717) is 23.9 Å². The maximum Gasteiger partial charge on any atom is 0.229 e. The maximum atomic E-state index is 12.8. The molecule has 2 amide bonds. The van der Waals surface area contributed by atoms with Crippen LogP contribution < -0.4 is 16.0 Å². The molecule has 2 fully saturated rings. The number of ether oxygens (including phenoxy) is 1. The van der Waals surface area contributed by atoms with Crippen LogP contribution in [0.2, 0.25) is 0 Å². The Morgan fingerprint density at radius 1 is 1.18 bits per heavy atom. The molecule has 0 aliphatic heterocycles. The van der Waals surface area contributed by atoms with Crippen molar-refractivity contribution in [2.75, 3.05) is 11.9 Å². The molecular formula is C28H36N6O4S. The predicted molar refractivity (Wildman–Crippen MR) is 150 cm³/mol. The molecule has 5 rings (SSSR count). The Balaban J connectivity index is 1.11. The van der Waals surface area contributed by atoms with E-state index in [1.54, 1.807) is 12.4 Å². The van der Waals surface area contributed by atoms with Crippen LogP contribution in [-0.4, -0.2) is 62.7 Å². The molecule has 2 heterocycles. The number of carbonyl (C=O) groups is 2. The first-order valence-corrected chi connectivity index (χ1v) is 14.5. The van der Waals surface area contributed by atoms with Crippen LogP contribution in [0.25, 0.3) is 21.3 Å². The van der Waals surface area contributed by atoms with Crippen molar-refractivity contribution >= 4 is 38.5 Å². The molecule has 208 valence electrons. The summed E-state index contributed by atoms with van der Waals surface area (Å²) < 4.78 is 6.75. The molecule has 3 atom stereocenters. The zero-order valence-electron chi connectivity index (χ0n) is 22.4. The molecule has 0 radical (unpaired) electrons. The molecule has 1 aromatic carbocycles. The third-order valence-electron chi connectivity index (χ3n) is 7.46. The van der Waals surface area contributed by atoms with Crippen molar-refractivity contribution in [3.05, 3.63) is 36.4 Å². The SMILES string of the molecule is CCC(=O)NC[C@H](C)N[C@H]1C[C@@H](C(=O)Nc2nc3ccc(-c4cnc(CO[C@H]5CCC[C@@H]5O)nc4)cc3s2)C1. The number of anilines is 1. The number of nitrogens with zero attached hydrogens (tertiary/aromatic N) is 3. The molecule has 0 unspecified atom stereocenters. The number of fused-ring (bicyclic) bond motifs is 1. The molecule has 3 aromatic rings. The van der Waals surface area contributed by atoms with Gasteiger partial charge >= 0.3 is 0 Å². The van der Waals surface area contributed by atoms with E-state index >= 15 is 0 Å². The highest BCUT2D eigenvalue weighted by molar-refractivity contribution is 7.22. The Kier molecular flexibility index (Phi) is 8.81. The number of hydrogen-bond acceptors (Lipinski definition) is 9. The van der Waals surface area contributed by atoms with E-state index in [4.69, 9.17) is 4.74 Å². The van der Waals surface area contributed by atoms with E-state index in [-0.39, 0.29) is 42.5 Å². The number of aromatic nitrogens is 3. The highest BCUT2D eigenvalue weighted by Crippen LogP contribution is 2.33. The summed E-state index contributed by atoms with van der Waals surface area (Å²) in [6.45, 7) is 4.75. The van der Waals surface area contributed by atoms with Gasteiger partial charge in [0.2, 0.25) is 11.8 Å². The topological polar surface area (TPSA) is 138 Å². The van der Waals surface area contributed by atoms with Crippen molar-refractivity contribution < 1.29 is 19.4 Å². The third kappa shape index (κ3) is 6.96. The Morgan fingerprint density at radius 2 is 1.97 bits per heavy atom. The highest BCUT2D eigenvalue weighted by atomic mass is 32.1. The molecule has 4 N–H and O–H groups in total. The van der Waals surface area contributed by atoms with E-state index < -0.39 is 6.10 Å². The summed E-state index contributed by atoms with van der Waals surface area (Å²) >= 11 is 1.45. The van der Waals surface area contributed by atoms with Gasteiger partial charge in [-0.3, -0.25) is 9.59 Å². The second kappa shape index (κ2) is 12.5. The monoisotopic (exact) mass is 552 g/mol. The lowest BCUT2D eigenvalue weighted by molar-refractivity contribution is -0.123. The Labute approximate surface area is 232 Å². The minimum Gasteiger partial charge on any atom is -0.390 e. The fraction of sp³-hybridized carbons (Fsp3) is 0.536. The van der Waals surface area contributed by atoms with Gasteiger partial charge in [-0.2, -0.15) is 0 Å². The molecule has 2 aromatic heterocycles. The molecule has 0 bridgehead atoms. The van der Waals surface area contributed by atoms with Crippen LogP contribution >= 0.6 is 11.3 Å². The number of rotatable bonds is 11. The van der Waals surface area contributed by atoms with Crippen molar-refractivity contribution in [2.45, 2.75) is 83.3 Å². The molecule has 2 saturated carbocycles. The second-order valence-electron chi connectivity index (χ2n) is 10.5. The van der Waals surface area contributed by atoms with Crippen LogP contribution in [-0.2, 0) is 20.9 Å². The van der Waals surface area contributed by atoms with Crippen molar-refractivity contribution in [2.24, 2.45) is 5.92 Å². The Hall–Kier alpha value is -2.99. The fourth-order valence-corrected chi connectivity index (χ4v) is 5.96. The van der Waals surface area contributed by atoms with Gasteiger partial charge in [-0.15, -0.1) is 0 Å². The minimum atomic E-state index is -0.395. The number of amides is 2. The number of nitrogens with one attached hydrogen (secondary N) is 3. The van der Waals surface area contributed by atoms with Gasteiger partial charge in [0.15, 0.2) is 11.0 Å². The lowest BCUT2D eigenvalue weighted by Crippen LogP contribution is -2.51. The summed E-state index contributed by atoms with van der Waals surface area (Å²) in [7, 11) is 0. The highest BCUT2D eigenvalue weighted by Gasteiger charge is 2.35. The molecular weight excluding hydrogens is 516 g/mol. The Morgan fingerprint density at radius 3 is 2.69 bits per heavy atom. The first-order chi connectivity index (χ1) is 18.9. The molecule has 11 heteroatoms. The normalized spacial score (nSPS) is 23.4. The number of aliphatic hydroxyl groups excluding tert-OH is 1. The minimum absolute atomic E-state index is 0.00408. The van der Waals surface area contributed by atoms with Gasteiger partial charge in [0.1, 0.15) is 6.61 Å². The number of thiazole rings is 1. The van der Waals surface area contributed by atoms with Crippen LogP contribution in [0.5, 0.6) is 0 Å². The van der Waals surface area contributed by atoms with Crippen molar-refractivity contribution in [1.29, 1.82) is 0 Å². The fourth-order valence-electron chi connectivity index (χ4n) is 5.05. The first-order valence-electron chi connectivity index (χ1n) is 13.7. The molecule has 39 heavy (non-hydrogen) atoms. The summed E-state index contributed by atoms with van der Waals surface area (Å²) in [5.41, 5.74) is 2.69. The molecule has 2 aliphatic carbocycles. The maximum absolute atomic E-state index is 12.8. The summed E-state index contributed by atoms with van der Waals surface area (Å²) in [4.78, 5) is 37.6. The van der Waals surface area contributed by atoms with Crippen LogP contribution in [0.3, 0.4) is 0 Å². The number of carbonyl (C=O) groups excluding carboxylic acids is 2. The van der Waals surface area contributed by atoms with Crippen LogP contribution in [0, 0.1) is 5.92 Å². The molecule has 0 saturated heterocycles.